The van der Waals surface area contributed by atoms with Crippen molar-refractivity contribution >= 4 is 17.4 Å². The molecule has 98 valence electrons. The third-order valence-electron chi connectivity index (χ3n) is 4.02. The molecule has 0 aromatic heterocycles. The van der Waals surface area contributed by atoms with E-state index in [1.54, 1.807) is 6.07 Å². The number of hydrogen-bond donors (Lipinski definition) is 1. The van der Waals surface area contributed by atoms with Gasteiger partial charge in [-0.1, -0.05) is 37.6 Å². The van der Waals surface area contributed by atoms with Gasteiger partial charge in [0.15, 0.2) is 5.78 Å². The van der Waals surface area contributed by atoms with Crippen LogP contribution < -0.4 is 5.32 Å². The Morgan fingerprint density at radius 3 is 2.72 bits per heavy atom. The average Bonchev–Trinajstić information content (AvgIpc) is 2.39. The lowest BCUT2D eigenvalue weighted by Crippen LogP contribution is -2.42. The van der Waals surface area contributed by atoms with Crippen LogP contribution in [0.15, 0.2) is 24.3 Å². The summed E-state index contributed by atoms with van der Waals surface area (Å²) in [5.41, 5.74) is 0.285. The summed E-state index contributed by atoms with van der Waals surface area (Å²) in [7, 11) is 0. The van der Waals surface area contributed by atoms with Crippen molar-refractivity contribution in [2.24, 2.45) is 11.3 Å². The van der Waals surface area contributed by atoms with Crippen molar-refractivity contribution < 1.29 is 4.79 Å². The molecule has 0 spiro atoms. The van der Waals surface area contributed by atoms with Gasteiger partial charge in [0, 0.05) is 11.0 Å². The van der Waals surface area contributed by atoms with E-state index < -0.39 is 0 Å². The van der Waals surface area contributed by atoms with Crippen molar-refractivity contribution in [2.75, 3.05) is 13.1 Å². The van der Waals surface area contributed by atoms with Crippen molar-refractivity contribution in [2.45, 2.75) is 26.7 Å². The first-order chi connectivity index (χ1) is 8.53. The fourth-order valence-corrected chi connectivity index (χ4v) is 2.87. The number of ketones is 1. The zero-order valence-corrected chi connectivity index (χ0v) is 11.8. The van der Waals surface area contributed by atoms with Crippen LogP contribution in [0.1, 0.15) is 37.0 Å². The van der Waals surface area contributed by atoms with Crippen LogP contribution >= 0.6 is 11.6 Å². The van der Waals surface area contributed by atoms with Crippen LogP contribution in [0.5, 0.6) is 0 Å². The summed E-state index contributed by atoms with van der Waals surface area (Å²) in [6.07, 6.45) is 2.25. The van der Waals surface area contributed by atoms with E-state index in [1.807, 2.05) is 32.0 Å². The predicted molar refractivity (Wildman–Crippen MR) is 75.2 cm³/mol. The molecule has 0 bridgehead atoms. The Hall–Kier alpha value is -0.860. The zero-order chi connectivity index (χ0) is 13.2. The molecule has 1 unspecified atom stereocenters. The number of nitrogens with one attached hydrogen (secondary N) is 1. The van der Waals surface area contributed by atoms with Gasteiger partial charge in [0.1, 0.15) is 0 Å². The van der Waals surface area contributed by atoms with E-state index in [9.17, 15) is 4.79 Å². The van der Waals surface area contributed by atoms with Gasteiger partial charge in [-0.05, 0) is 44.0 Å². The Labute approximate surface area is 114 Å². The third kappa shape index (κ3) is 2.60. The lowest BCUT2D eigenvalue weighted by Gasteiger charge is -2.36. The number of rotatable bonds is 3. The number of carbonyl (C=O) groups is 1. The molecule has 1 aliphatic rings. The van der Waals surface area contributed by atoms with Crippen molar-refractivity contribution in [3.63, 3.8) is 0 Å². The fraction of sp³-hybridized carbons (Fsp3) is 0.533. The van der Waals surface area contributed by atoms with E-state index in [0.717, 1.165) is 25.9 Å². The van der Waals surface area contributed by atoms with Gasteiger partial charge in [-0.2, -0.15) is 0 Å². The second-order valence-corrected chi connectivity index (χ2v) is 5.98. The van der Waals surface area contributed by atoms with Gasteiger partial charge in [-0.15, -0.1) is 0 Å². The molecule has 0 aliphatic carbocycles. The topological polar surface area (TPSA) is 29.1 Å². The smallest absolute Gasteiger partial charge is 0.170 e. The summed E-state index contributed by atoms with van der Waals surface area (Å²) in [5, 5.41) is 3.93. The quantitative estimate of drug-likeness (QED) is 0.847. The normalized spacial score (nSPS) is 20.7. The van der Waals surface area contributed by atoms with Gasteiger partial charge < -0.3 is 5.32 Å². The molecule has 1 heterocycles. The fourth-order valence-electron chi connectivity index (χ4n) is 2.65. The van der Waals surface area contributed by atoms with E-state index in [1.165, 1.54) is 0 Å². The van der Waals surface area contributed by atoms with Crippen LogP contribution in [0.25, 0.3) is 0 Å². The number of Topliss-reactive ketones (excluding diaryl/α,β-unsaturated/α-hetero) is 1. The summed E-state index contributed by atoms with van der Waals surface area (Å²) in [5.74, 6) is 0.539. The van der Waals surface area contributed by atoms with Gasteiger partial charge in [0.05, 0.1) is 5.02 Å². The van der Waals surface area contributed by atoms with Crippen LogP contribution in [0.2, 0.25) is 5.02 Å². The second kappa shape index (κ2) is 5.41. The molecule has 2 nitrogen and oxygen atoms in total. The van der Waals surface area contributed by atoms with Crippen LogP contribution in [0, 0.1) is 11.3 Å². The lowest BCUT2D eigenvalue weighted by atomic mass is 9.70. The largest absolute Gasteiger partial charge is 0.316 e. The number of carbonyl (C=O) groups excluding carboxylic acids is 1. The van der Waals surface area contributed by atoms with Crippen molar-refractivity contribution in [3.05, 3.63) is 34.9 Å². The minimum absolute atomic E-state index is 0.154. The average molecular weight is 266 g/mol. The second-order valence-electron chi connectivity index (χ2n) is 5.57. The molecular formula is C15H20ClNO. The highest BCUT2D eigenvalue weighted by Crippen LogP contribution is 2.36. The summed E-state index contributed by atoms with van der Waals surface area (Å²) < 4.78 is 0. The van der Waals surface area contributed by atoms with E-state index in [-0.39, 0.29) is 11.2 Å². The van der Waals surface area contributed by atoms with Gasteiger partial charge in [0.25, 0.3) is 0 Å². The molecule has 0 amide bonds. The molecule has 0 saturated carbocycles. The van der Waals surface area contributed by atoms with Gasteiger partial charge in [-0.3, -0.25) is 4.79 Å². The zero-order valence-electron chi connectivity index (χ0n) is 11.0. The molecule has 1 aromatic rings. The highest BCUT2D eigenvalue weighted by atomic mass is 35.5. The Bertz CT molecular complexity index is 436. The molecule has 1 N–H and O–H groups in total. The molecule has 18 heavy (non-hydrogen) atoms. The predicted octanol–water partition coefficient (Wildman–Crippen LogP) is 3.55. The SMILES string of the molecule is CC(C)(C(=O)c1ccccc1Cl)C1CCCNC1. The summed E-state index contributed by atoms with van der Waals surface area (Å²) in [4.78, 5) is 12.7. The maximum absolute atomic E-state index is 12.7. The summed E-state index contributed by atoms with van der Waals surface area (Å²) >= 11 is 6.13. The molecule has 0 radical (unpaired) electrons. The Balaban J connectivity index is 2.24. The standard InChI is InChI=1S/C15H20ClNO/c1-15(2,11-6-5-9-17-10-11)14(18)12-7-3-4-8-13(12)16/h3-4,7-8,11,17H,5-6,9-10H2,1-2H3. The molecule has 1 aromatic carbocycles. The van der Waals surface area contributed by atoms with Crippen molar-refractivity contribution in [1.82, 2.24) is 5.32 Å². The van der Waals surface area contributed by atoms with Crippen LogP contribution in [-0.2, 0) is 0 Å². The van der Waals surface area contributed by atoms with Crippen LogP contribution in [0.4, 0.5) is 0 Å². The Morgan fingerprint density at radius 1 is 1.39 bits per heavy atom. The van der Waals surface area contributed by atoms with Gasteiger partial charge in [-0.25, -0.2) is 0 Å². The highest BCUT2D eigenvalue weighted by Gasteiger charge is 2.38. The van der Waals surface area contributed by atoms with E-state index in [2.05, 4.69) is 5.32 Å². The molecule has 1 atom stereocenters. The third-order valence-corrected chi connectivity index (χ3v) is 4.35. The monoisotopic (exact) mass is 265 g/mol. The number of hydrogen-bond acceptors (Lipinski definition) is 2. The minimum atomic E-state index is -0.363. The molecule has 1 aliphatic heterocycles. The van der Waals surface area contributed by atoms with Gasteiger partial charge >= 0.3 is 0 Å². The van der Waals surface area contributed by atoms with Gasteiger partial charge in [0.2, 0.25) is 0 Å². The van der Waals surface area contributed by atoms with Crippen molar-refractivity contribution in [1.29, 1.82) is 0 Å². The first-order valence-electron chi connectivity index (χ1n) is 6.53. The van der Waals surface area contributed by atoms with E-state index in [4.69, 9.17) is 11.6 Å². The van der Waals surface area contributed by atoms with Crippen LogP contribution in [0.3, 0.4) is 0 Å². The lowest BCUT2D eigenvalue weighted by molar-refractivity contribution is 0.0708. The number of halogens is 1. The maximum atomic E-state index is 12.7. The highest BCUT2D eigenvalue weighted by molar-refractivity contribution is 6.34. The van der Waals surface area contributed by atoms with E-state index >= 15 is 0 Å². The Morgan fingerprint density at radius 2 is 2.11 bits per heavy atom. The molecule has 2 rings (SSSR count). The first-order valence-corrected chi connectivity index (χ1v) is 6.91. The minimum Gasteiger partial charge on any atom is -0.316 e. The first kappa shape index (κ1) is 13.6. The molecule has 1 fully saturated rings. The maximum Gasteiger partial charge on any atom is 0.170 e. The molecular weight excluding hydrogens is 246 g/mol. The number of benzene rings is 1. The summed E-state index contributed by atoms with van der Waals surface area (Å²) in [6.45, 7) is 6.06. The number of piperidine rings is 1. The Kier molecular flexibility index (Phi) is 4.08. The van der Waals surface area contributed by atoms with Crippen LogP contribution in [-0.4, -0.2) is 18.9 Å². The summed E-state index contributed by atoms with van der Waals surface area (Å²) in [6, 6.07) is 7.33. The van der Waals surface area contributed by atoms with E-state index in [0.29, 0.717) is 16.5 Å². The molecule has 1 saturated heterocycles. The van der Waals surface area contributed by atoms with Crippen molar-refractivity contribution in [3.8, 4) is 0 Å². The molecule has 3 heteroatoms.